The van der Waals surface area contributed by atoms with Crippen LogP contribution in [0.2, 0.25) is 0 Å². The van der Waals surface area contributed by atoms with Gasteiger partial charge in [-0.3, -0.25) is 0 Å². The fourth-order valence-electron chi connectivity index (χ4n) is 1.44. The number of aromatic hydroxyl groups is 1. The van der Waals surface area contributed by atoms with Crippen molar-refractivity contribution < 1.29 is 5.11 Å². The first-order valence-corrected chi connectivity index (χ1v) is 6.10. The first kappa shape index (κ1) is 12.5. The van der Waals surface area contributed by atoms with Gasteiger partial charge in [0.1, 0.15) is 5.75 Å². The van der Waals surface area contributed by atoms with E-state index in [0.29, 0.717) is 10.6 Å². The van der Waals surface area contributed by atoms with Gasteiger partial charge in [-0.25, -0.2) is 0 Å². The summed E-state index contributed by atoms with van der Waals surface area (Å²) < 4.78 is 0. The van der Waals surface area contributed by atoms with Gasteiger partial charge in [-0.15, -0.1) is 0 Å². The summed E-state index contributed by atoms with van der Waals surface area (Å²) in [5, 5.41) is 9.32. The molecular weight excluding hydrogens is 254 g/mol. The third kappa shape index (κ3) is 5.19. The predicted octanol–water partition coefficient (Wildman–Crippen LogP) is 3.00. The first-order chi connectivity index (χ1) is 7.08. The lowest BCUT2D eigenvalue weighted by Crippen LogP contribution is -2.20. The maximum Gasteiger partial charge on any atom is 0.115 e. The van der Waals surface area contributed by atoms with Gasteiger partial charge in [-0.2, -0.15) is 0 Å². The van der Waals surface area contributed by atoms with Gasteiger partial charge in [0.25, 0.3) is 0 Å². The molecule has 0 saturated carbocycles. The van der Waals surface area contributed by atoms with E-state index < -0.39 is 0 Å². The SMILES string of the molecule is CC(Br)CCN(C)Cc1cccc(O)c1. The number of nitrogens with zero attached hydrogens (tertiary/aromatic N) is 1. The van der Waals surface area contributed by atoms with Crippen molar-refractivity contribution in [1.82, 2.24) is 4.90 Å². The van der Waals surface area contributed by atoms with Gasteiger partial charge in [0.15, 0.2) is 0 Å². The summed E-state index contributed by atoms with van der Waals surface area (Å²) >= 11 is 3.53. The highest BCUT2D eigenvalue weighted by Crippen LogP contribution is 2.13. The second kappa shape index (κ2) is 6.13. The van der Waals surface area contributed by atoms with E-state index >= 15 is 0 Å². The Hall–Kier alpha value is -0.540. The quantitative estimate of drug-likeness (QED) is 0.833. The van der Waals surface area contributed by atoms with Crippen molar-refractivity contribution in [2.75, 3.05) is 13.6 Å². The number of halogens is 1. The van der Waals surface area contributed by atoms with Crippen molar-refractivity contribution >= 4 is 15.9 Å². The molecular formula is C12H18BrNO. The molecule has 0 spiro atoms. The molecule has 0 amide bonds. The molecule has 0 aliphatic rings. The molecule has 1 unspecified atom stereocenters. The Bertz CT molecular complexity index is 301. The Labute approximate surface area is 100 Å². The minimum atomic E-state index is 0.342. The molecule has 3 heteroatoms. The minimum absolute atomic E-state index is 0.342. The van der Waals surface area contributed by atoms with Crippen LogP contribution < -0.4 is 0 Å². The summed E-state index contributed by atoms with van der Waals surface area (Å²) in [6, 6.07) is 7.43. The van der Waals surface area contributed by atoms with Gasteiger partial charge in [0, 0.05) is 11.4 Å². The highest BCUT2D eigenvalue weighted by atomic mass is 79.9. The average Bonchev–Trinajstić information content (AvgIpc) is 2.15. The third-order valence-corrected chi connectivity index (χ3v) is 2.73. The molecule has 0 aromatic heterocycles. The normalized spacial score (nSPS) is 13.1. The molecule has 0 aliphatic heterocycles. The molecule has 1 N–H and O–H groups in total. The molecule has 0 fully saturated rings. The van der Waals surface area contributed by atoms with E-state index in [9.17, 15) is 5.11 Å². The van der Waals surface area contributed by atoms with Crippen molar-refractivity contribution in [3.05, 3.63) is 29.8 Å². The zero-order chi connectivity index (χ0) is 11.3. The van der Waals surface area contributed by atoms with E-state index in [0.717, 1.165) is 25.1 Å². The van der Waals surface area contributed by atoms with Gasteiger partial charge in [-0.05, 0) is 37.7 Å². The van der Waals surface area contributed by atoms with Crippen LogP contribution in [0.15, 0.2) is 24.3 Å². The molecule has 0 radical (unpaired) electrons. The molecule has 0 heterocycles. The molecule has 1 aromatic rings. The molecule has 0 bridgehead atoms. The highest BCUT2D eigenvalue weighted by Gasteiger charge is 2.03. The highest BCUT2D eigenvalue weighted by molar-refractivity contribution is 9.09. The van der Waals surface area contributed by atoms with Crippen LogP contribution in [-0.2, 0) is 6.54 Å². The van der Waals surface area contributed by atoms with Gasteiger partial charge in [-0.1, -0.05) is 35.0 Å². The topological polar surface area (TPSA) is 23.5 Å². The summed E-state index contributed by atoms with van der Waals surface area (Å²) in [5.41, 5.74) is 1.15. The Balaban J connectivity index is 2.40. The maximum absolute atomic E-state index is 9.32. The Morgan fingerprint density at radius 3 is 2.80 bits per heavy atom. The van der Waals surface area contributed by atoms with Crippen LogP contribution in [0.4, 0.5) is 0 Å². The third-order valence-electron chi connectivity index (χ3n) is 2.27. The van der Waals surface area contributed by atoms with E-state index in [1.165, 1.54) is 0 Å². The molecule has 15 heavy (non-hydrogen) atoms. The lowest BCUT2D eigenvalue weighted by Gasteiger charge is -2.17. The fourth-order valence-corrected chi connectivity index (χ4v) is 1.65. The summed E-state index contributed by atoms with van der Waals surface area (Å²) in [6.45, 7) is 4.10. The number of phenolic OH excluding ortho intramolecular Hbond substituents is 1. The fraction of sp³-hybridized carbons (Fsp3) is 0.500. The smallest absolute Gasteiger partial charge is 0.115 e. The van der Waals surface area contributed by atoms with Gasteiger partial charge < -0.3 is 10.0 Å². The second-order valence-corrected chi connectivity index (χ2v) is 5.54. The van der Waals surface area contributed by atoms with Crippen LogP contribution in [-0.4, -0.2) is 28.4 Å². The van der Waals surface area contributed by atoms with E-state index in [4.69, 9.17) is 0 Å². The maximum atomic E-state index is 9.32. The Morgan fingerprint density at radius 2 is 2.20 bits per heavy atom. The van der Waals surface area contributed by atoms with Gasteiger partial charge >= 0.3 is 0 Å². The van der Waals surface area contributed by atoms with Crippen LogP contribution in [0.5, 0.6) is 5.75 Å². The van der Waals surface area contributed by atoms with Gasteiger partial charge in [0.05, 0.1) is 0 Å². The Morgan fingerprint density at radius 1 is 1.47 bits per heavy atom. The molecule has 0 aliphatic carbocycles. The monoisotopic (exact) mass is 271 g/mol. The molecule has 1 aromatic carbocycles. The molecule has 0 saturated heterocycles. The standard InChI is InChI=1S/C12H18BrNO/c1-10(13)6-7-14(2)9-11-4-3-5-12(15)8-11/h3-5,8,10,15H,6-7,9H2,1-2H3. The zero-order valence-corrected chi connectivity index (χ0v) is 10.9. The summed E-state index contributed by atoms with van der Waals surface area (Å²) in [6.07, 6.45) is 1.13. The van der Waals surface area contributed by atoms with Crippen molar-refractivity contribution in [2.24, 2.45) is 0 Å². The van der Waals surface area contributed by atoms with Crippen LogP contribution in [0, 0.1) is 0 Å². The first-order valence-electron chi connectivity index (χ1n) is 5.18. The molecule has 1 atom stereocenters. The van der Waals surface area contributed by atoms with Crippen molar-refractivity contribution in [2.45, 2.75) is 24.7 Å². The molecule has 84 valence electrons. The zero-order valence-electron chi connectivity index (χ0n) is 9.28. The number of phenols is 1. The van der Waals surface area contributed by atoms with Crippen molar-refractivity contribution in [3.8, 4) is 5.75 Å². The number of hydrogen-bond acceptors (Lipinski definition) is 2. The van der Waals surface area contributed by atoms with E-state index in [-0.39, 0.29) is 0 Å². The number of rotatable bonds is 5. The second-order valence-electron chi connectivity index (χ2n) is 3.98. The Kier molecular flexibility index (Phi) is 5.12. The number of alkyl halides is 1. The van der Waals surface area contributed by atoms with Crippen LogP contribution in [0.3, 0.4) is 0 Å². The van der Waals surface area contributed by atoms with Crippen LogP contribution in [0.1, 0.15) is 18.9 Å². The number of hydrogen-bond donors (Lipinski definition) is 1. The summed E-state index contributed by atoms with van der Waals surface area (Å²) in [5.74, 6) is 0.342. The van der Waals surface area contributed by atoms with Gasteiger partial charge in [0.2, 0.25) is 0 Å². The predicted molar refractivity (Wildman–Crippen MR) is 67.4 cm³/mol. The molecule has 2 nitrogen and oxygen atoms in total. The summed E-state index contributed by atoms with van der Waals surface area (Å²) in [7, 11) is 2.10. The minimum Gasteiger partial charge on any atom is -0.508 e. The van der Waals surface area contributed by atoms with E-state index in [2.05, 4.69) is 34.8 Å². The average molecular weight is 272 g/mol. The van der Waals surface area contributed by atoms with Crippen molar-refractivity contribution in [1.29, 1.82) is 0 Å². The van der Waals surface area contributed by atoms with Crippen molar-refractivity contribution in [3.63, 3.8) is 0 Å². The summed E-state index contributed by atoms with van der Waals surface area (Å²) in [4.78, 5) is 2.82. The number of benzene rings is 1. The lowest BCUT2D eigenvalue weighted by atomic mass is 10.2. The lowest BCUT2D eigenvalue weighted by molar-refractivity contribution is 0.322. The van der Waals surface area contributed by atoms with E-state index in [1.54, 1.807) is 6.07 Å². The van der Waals surface area contributed by atoms with Crippen LogP contribution in [0.25, 0.3) is 0 Å². The van der Waals surface area contributed by atoms with Crippen LogP contribution >= 0.6 is 15.9 Å². The van der Waals surface area contributed by atoms with E-state index in [1.807, 2.05) is 18.2 Å². The largest absolute Gasteiger partial charge is 0.508 e. The molecule has 1 rings (SSSR count).